The molecule has 0 spiro atoms. The van der Waals surface area contributed by atoms with Gasteiger partial charge in [0.25, 0.3) is 5.91 Å². The molecule has 1 aromatic rings. The molecule has 1 aliphatic heterocycles. The molecule has 4 rings (SSSR count). The van der Waals surface area contributed by atoms with Gasteiger partial charge in [0.1, 0.15) is 6.04 Å². The molecule has 0 aromatic heterocycles. The summed E-state index contributed by atoms with van der Waals surface area (Å²) in [4.78, 5) is 52.2. The zero-order valence-corrected chi connectivity index (χ0v) is 18.5. The van der Waals surface area contributed by atoms with Gasteiger partial charge in [-0.2, -0.15) is 0 Å². The van der Waals surface area contributed by atoms with Crippen molar-refractivity contribution >= 4 is 52.6 Å². The molecular formula is C22H22Cl2N2O5. The second kappa shape index (κ2) is 8.28. The minimum absolute atomic E-state index is 0.0511. The number of carbonyl (C=O) groups excluding carboxylic acids is 4. The fraction of sp³-hybridized carbons (Fsp3) is 0.455. The van der Waals surface area contributed by atoms with Crippen molar-refractivity contribution in [2.24, 2.45) is 29.6 Å². The topological polar surface area (TPSA) is 92.8 Å². The van der Waals surface area contributed by atoms with Gasteiger partial charge in [-0.15, -0.1) is 0 Å². The number of allylic oxidation sites excluding steroid dienone is 2. The lowest BCUT2D eigenvalue weighted by Gasteiger charge is -2.28. The van der Waals surface area contributed by atoms with Gasteiger partial charge in [-0.3, -0.25) is 19.3 Å². The number of ether oxygens (including phenoxy) is 1. The van der Waals surface area contributed by atoms with Gasteiger partial charge >= 0.3 is 5.97 Å². The van der Waals surface area contributed by atoms with E-state index in [0.29, 0.717) is 10.7 Å². The first kappa shape index (κ1) is 21.8. The van der Waals surface area contributed by atoms with E-state index >= 15 is 0 Å². The van der Waals surface area contributed by atoms with Crippen LogP contribution in [0.1, 0.15) is 20.3 Å². The van der Waals surface area contributed by atoms with E-state index in [4.69, 9.17) is 27.9 Å². The van der Waals surface area contributed by atoms with Gasteiger partial charge in [-0.05, 0) is 42.4 Å². The van der Waals surface area contributed by atoms with Crippen molar-refractivity contribution in [1.29, 1.82) is 0 Å². The Balaban J connectivity index is 1.42. The molecule has 2 fully saturated rings. The van der Waals surface area contributed by atoms with Crippen LogP contribution in [-0.4, -0.2) is 41.2 Å². The third kappa shape index (κ3) is 3.85. The van der Waals surface area contributed by atoms with E-state index in [9.17, 15) is 19.2 Å². The number of nitrogens with one attached hydrogen (secondary N) is 1. The van der Waals surface area contributed by atoms with Crippen molar-refractivity contribution in [2.45, 2.75) is 26.3 Å². The molecule has 0 unspecified atom stereocenters. The summed E-state index contributed by atoms with van der Waals surface area (Å²) >= 11 is 11.9. The number of nitrogens with zero attached hydrogens (tertiary/aromatic N) is 1. The average Bonchev–Trinajstić information content (AvgIpc) is 3.38. The molecule has 164 valence electrons. The Kier molecular flexibility index (Phi) is 5.83. The summed E-state index contributed by atoms with van der Waals surface area (Å²) in [5, 5.41) is 3.20. The molecule has 7 nitrogen and oxygen atoms in total. The maximum atomic E-state index is 13.0. The maximum Gasteiger partial charge on any atom is 0.330 e. The lowest BCUT2D eigenvalue weighted by Crippen LogP contribution is -2.50. The normalized spacial score (nSPS) is 27.1. The van der Waals surface area contributed by atoms with Crippen LogP contribution in [0.4, 0.5) is 5.69 Å². The minimum Gasteiger partial charge on any atom is -0.454 e. The third-order valence-electron chi connectivity index (χ3n) is 6.21. The van der Waals surface area contributed by atoms with E-state index in [2.05, 4.69) is 5.32 Å². The highest BCUT2D eigenvalue weighted by molar-refractivity contribution is 6.36. The zero-order valence-electron chi connectivity index (χ0n) is 17.0. The van der Waals surface area contributed by atoms with Crippen molar-refractivity contribution in [3.8, 4) is 0 Å². The first-order valence-electron chi connectivity index (χ1n) is 10.2. The van der Waals surface area contributed by atoms with E-state index in [0.717, 1.165) is 11.3 Å². The standard InChI is InChI=1S/C22H22Cl2N2O5/c1-10(2)19(26-20(28)17-11-3-4-12(7-11)18(17)21(26)29)22(30)31-9-16(27)25-15-6-5-13(23)8-14(15)24/h3-6,8,10-12,17-19H,7,9H2,1-2H3,(H,25,27)/t11-,12-,17-,18+,19-/m0/s1. The number of hydrogen-bond acceptors (Lipinski definition) is 5. The SMILES string of the molecule is CC(C)[C@@H](C(=O)OCC(=O)Nc1ccc(Cl)cc1Cl)N1C(=O)[C@@H]2[C@H](C1=O)[C@H]1C=C[C@H]2C1. The number of anilines is 1. The van der Waals surface area contributed by atoms with Crippen LogP contribution in [0.15, 0.2) is 30.4 Å². The highest BCUT2D eigenvalue weighted by Crippen LogP contribution is 2.53. The number of benzene rings is 1. The molecule has 1 saturated carbocycles. The molecule has 31 heavy (non-hydrogen) atoms. The van der Waals surface area contributed by atoms with Crippen LogP contribution in [0.5, 0.6) is 0 Å². The minimum atomic E-state index is -1.07. The van der Waals surface area contributed by atoms with E-state index in [1.807, 2.05) is 12.2 Å². The molecule has 2 bridgehead atoms. The van der Waals surface area contributed by atoms with Gasteiger partial charge in [0.05, 0.1) is 22.5 Å². The summed E-state index contributed by atoms with van der Waals surface area (Å²) < 4.78 is 5.18. The van der Waals surface area contributed by atoms with Crippen LogP contribution in [0.25, 0.3) is 0 Å². The molecule has 0 radical (unpaired) electrons. The third-order valence-corrected chi connectivity index (χ3v) is 6.75. The number of esters is 1. The van der Waals surface area contributed by atoms with Gasteiger partial charge < -0.3 is 10.1 Å². The Bertz CT molecular complexity index is 962. The number of rotatable bonds is 6. The monoisotopic (exact) mass is 464 g/mol. The largest absolute Gasteiger partial charge is 0.454 e. The molecule has 1 heterocycles. The molecule has 5 atom stereocenters. The zero-order chi connectivity index (χ0) is 22.4. The number of imide groups is 1. The molecule has 3 amide bonds. The number of fused-ring (bicyclic) bond motifs is 5. The lowest BCUT2D eigenvalue weighted by atomic mass is 9.85. The quantitative estimate of drug-likeness (QED) is 0.396. The summed E-state index contributed by atoms with van der Waals surface area (Å²) in [6, 6.07) is 3.50. The Morgan fingerprint density at radius 1 is 1.13 bits per heavy atom. The predicted octanol–water partition coefficient (Wildman–Crippen LogP) is 3.31. The molecular weight excluding hydrogens is 443 g/mol. The first-order valence-corrected chi connectivity index (χ1v) is 10.9. The van der Waals surface area contributed by atoms with Gasteiger partial charge in [0.15, 0.2) is 6.61 Å². The summed E-state index contributed by atoms with van der Waals surface area (Å²) in [5.41, 5.74) is 0.327. The van der Waals surface area contributed by atoms with Crippen LogP contribution in [0.2, 0.25) is 10.0 Å². The lowest BCUT2D eigenvalue weighted by molar-refractivity contribution is -0.162. The highest BCUT2D eigenvalue weighted by atomic mass is 35.5. The van der Waals surface area contributed by atoms with Crippen LogP contribution >= 0.6 is 23.2 Å². The smallest absolute Gasteiger partial charge is 0.330 e. The van der Waals surface area contributed by atoms with Crippen LogP contribution in [-0.2, 0) is 23.9 Å². The van der Waals surface area contributed by atoms with Crippen LogP contribution in [0, 0.1) is 29.6 Å². The summed E-state index contributed by atoms with van der Waals surface area (Å²) in [6.45, 7) is 2.90. The van der Waals surface area contributed by atoms with Crippen molar-refractivity contribution in [3.05, 3.63) is 40.4 Å². The number of hydrogen-bond donors (Lipinski definition) is 1. The van der Waals surface area contributed by atoms with Crippen molar-refractivity contribution in [1.82, 2.24) is 4.90 Å². The molecule has 1 saturated heterocycles. The Labute approximate surface area is 189 Å². The molecule has 2 aliphatic carbocycles. The molecule has 1 aromatic carbocycles. The Morgan fingerprint density at radius 2 is 1.74 bits per heavy atom. The van der Waals surface area contributed by atoms with E-state index in [-0.39, 0.29) is 34.6 Å². The average molecular weight is 465 g/mol. The molecule has 1 N–H and O–H groups in total. The fourth-order valence-electron chi connectivity index (χ4n) is 4.87. The van der Waals surface area contributed by atoms with E-state index in [1.165, 1.54) is 12.1 Å². The number of likely N-dealkylation sites (tertiary alicyclic amines) is 1. The fourth-order valence-corrected chi connectivity index (χ4v) is 5.33. The van der Waals surface area contributed by atoms with E-state index in [1.54, 1.807) is 19.9 Å². The van der Waals surface area contributed by atoms with Crippen LogP contribution < -0.4 is 5.32 Å². The summed E-state index contributed by atoms with van der Waals surface area (Å²) in [6.07, 6.45) is 4.80. The summed E-state index contributed by atoms with van der Waals surface area (Å²) in [5.74, 6) is -3.07. The molecule has 9 heteroatoms. The number of carbonyl (C=O) groups is 4. The van der Waals surface area contributed by atoms with Gasteiger partial charge in [-0.1, -0.05) is 49.2 Å². The van der Waals surface area contributed by atoms with Crippen molar-refractivity contribution in [3.63, 3.8) is 0 Å². The first-order chi connectivity index (χ1) is 14.7. The van der Waals surface area contributed by atoms with Gasteiger partial charge in [0, 0.05) is 5.02 Å². The predicted molar refractivity (Wildman–Crippen MR) is 114 cm³/mol. The Hall–Kier alpha value is -2.38. The number of halogens is 2. The Morgan fingerprint density at radius 3 is 2.29 bits per heavy atom. The maximum absolute atomic E-state index is 13.0. The summed E-state index contributed by atoms with van der Waals surface area (Å²) in [7, 11) is 0. The van der Waals surface area contributed by atoms with Crippen molar-refractivity contribution < 1.29 is 23.9 Å². The second-order valence-corrected chi connectivity index (χ2v) is 9.36. The molecule has 3 aliphatic rings. The van der Waals surface area contributed by atoms with Crippen molar-refractivity contribution in [2.75, 3.05) is 11.9 Å². The van der Waals surface area contributed by atoms with Gasteiger partial charge in [-0.25, -0.2) is 4.79 Å². The second-order valence-electron chi connectivity index (χ2n) is 8.52. The van der Waals surface area contributed by atoms with Crippen LogP contribution in [0.3, 0.4) is 0 Å². The van der Waals surface area contributed by atoms with Gasteiger partial charge in [0.2, 0.25) is 11.8 Å². The van der Waals surface area contributed by atoms with E-state index < -0.39 is 36.4 Å². The highest BCUT2D eigenvalue weighted by Gasteiger charge is 2.61. The number of amides is 3.